The van der Waals surface area contributed by atoms with Crippen molar-refractivity contribution in [2.24, 2.45) is 0 Å². The fourth-order valence-electron chi connectivity index (χ4n) is 3.34. The Hall–Kier alpha value is -3.28. The number of anilines is 1. The maximum absolute atomic E-state index is 10.8. The predicted octanol–water partition coefficient (Wildman–Crippen LogP) is 6.29. The third-order valence-electron chi connectivity index (χ3n) is 4.80. The first-order valence-corrected chi connectivity index (χ1v) is 10.3. The summed E-state index contributed by atoms with van der Waals surface area (Å²) < 4.78 is 5.80. The Morgan fingerprint density at radius 2 is 1.74 bits per heavy atom. The second-order valence-electron chi connectivity index (χ2n) is 6.96. The molecule has 31 heavy (non-hydrogen) atoms. The van der Waals surface area contributed by atoms with Gasteiger partial charge in [-0.2, -0.15) is 0 Å². The lowest BCUT2D eigenvalue weighted by molar-refractivity contribution is 0.304. The summed E-state index contributed by atoms with van der Waals surface area (Å²) in [4.78, 5) is 8.72. The summed E-state index contributed by atoms with van der Waals surface area (Å²) in [6.07, 6.45) is 0. The van der Waals surface area contributed by atoms with E-state index in [4.69, 9.17) is 33.7 Å². The zero-order valence-corrected chi connectivity index (χ0v) is 18.2. The molecule has 0 aliphatic carbocycles. The molecular formula is C24H19Cl2N3O2. The van der Waals surface area contributed by atoms with Crippen LogP contribution in [-0.4, -0.2) is 15.1 Å². The minimum absolute atomic E-state index is 0.0226. The average molecular weight is 452 g/mol. The van der Waals surface area contributed by atoms with E-state index in [0.29, 0.717) is 27.1 Å². The van der Waals surface area contributed by atoms with E-state index in [-0.39, 0.29) is 18.3 Å². The molecule has 1 aromatic heterocycles. The molecule has 0 aliphatic heterocycles. The monoisotopic (exact) mass is 451 g/mol. The molecule has 3 N–H and O–H groups in total. The standard InChI is InChI=1S/C24H19Cl2N3O2/c1-14-22(15-5-3-2-4-6-15)23(29-24(27)28-14)19-10-9-18(12-21(19)30)31-13-16-7-8-17(25)11-20(16)26/h2-12,30H,13H2,1H3,(H2,27,28,29). The molecule has 0 aliphatic rings. The molecule has 0 saturated heterocycles. The molecule has 0 unspecified atom stereocenters. The van der Waals surface area contributed by atoms with E-state index in [9.17, 15) is 5.11 Å². The summed E-state index contributed by atoms with van der Waals surface area (Å²) in [6, 6.07) is 20.0. The van der Waals surface area contributed by atoms with Gasteiger partial charge >= 0.3 is 0 Å². The zero-order valence-electron chi connectivity index (χ0n) is 16.6. The molecule has 4 aromatic rings. The average Bonchev–Trinajstić information content (AvgIpc) is 2.73. The van der Waals surface area contributed by atoms with Crippen molar-refractivity contribution in [1.29, 1.82) is 0 Å². The molecule has 0 saturated carbocycles. The number of ether oxygens (including phenoxy) is 1. The van der Waals surface area contributed by atoms with Gasteiger partial charge in [0.15, 0.2) is 0 Å². The van der Waals surface area contributed by atoms with E-state index < -0.39 is 0 Å². The van der Waals surface area contributed by atoms with Crippen LogP contribution < -0.4 is 10.5 Å². The van der Waals surface area contributed by atoms with Crippen molar-refractivity contribution in [3.8, 4) is 33.9 Å². The second-order valence-corrected chi connectivity index (χ2v) is 7.80. The van der Waals surface area contributed by atoms with Crippen LogP contribution in [0.1, 0.15) is 11.3 Å². The van der Waals surface area contributed by atoms with Crippen LogP contribution in [0.25, 0.3) is 22.4 Å². The highest BCUT2D eigenvalue weighted by Gasteiger charge is 2.18. The number of aromatic nitrogens is 2. The Bertz CT molecular complexity index is 1250. The third-order valence-corrected chi connectivity index (χ3v) is 5.39. The van der Waals surface area contributed by atoms with Crippen molar-refractivity contribution in [2.45, 2.75) is 13.5 Å². The minimum Gasteiger partial charge on any atom is -0.507 e. The number of aromatic hydroxyl groups is 1. The van der Waals surface area contributed by atoms with E-state index in [1.54, 1.807) is 36.4 Å². The van der Waals surface area contributed by atoms with E-state index in [0.717, 1.165) is 22.4 Å². The number of hydrogen-bond donors (Lipinski definition) is 2. The number of phenols is 1. The van der Waals surface area contributed by atoms with E-state index in [1.807, 2.05) is 37.3 Å². The summed E-state index contributed by atoms with van der Waals surface area (Å²) in [6.45, 7) is 2.11. The number of hydrogen-bond acceptors (Lipinski definition) is 5. The Kier molecular flexibility index (Phi) is 5.98. The fourth-order valence-corrected chi connectivity index (χ4v) is 3.80. The molecule has 0 radical (unpaired) electrons. The van der Waals surface area contributed by atoms with Gasteiger partial charge in [0.2, 0.25) is 5.95 Å². The van der Waals surface area contributed by atoms with Gasteiger partial charge in [0.1, 0.15) is 18.1 Å². The smallest absolute Gasteiger partial charge is 0.220 e. The summed E-state index contributed by atoms with van der Waals surface area (Å²) in [5.74, 6) is 0.658. The maximum Gasteiger partial charge on any atom is 0.220 e. The van der Waals surface area contributed by atoms with Crippen LogP contribution in [0.2, 0.25) is 10.0 Å². The van der Waals surface area contributed by atoms with Crippen LogP contribution in [-0.2, 0) is 6.61 Å². The molecule has 0 atom stereocenters. The first-order valence-electron chi connectivity index (χ1n) is 9.52. The Morgan fingerprint density at radius 1 is 0.968 bits per heavy atom. The number of nitrogens with zero attached hydrogens (tertiary/aromatic N) is 2. The summed E-state index contributed by atoms with van der Waals surface area (Å²) in [7, 11) is 0. The molecule has 1 heterocycles. The first kappa shape index (κ1) is 21.0. The quantitative estimate of drug-likeness (QED) is 0.372. The summed E-state index contributed by atoms with van der Waals surface area (Å²) in [5.41, 5.74) is 10.3. The van der Waals surface area contributed by atoms with Crippen LogP contribution in [0.15, 0.2) is 66.7 Å². The Balaban J connectivity index is 1.67. The number of phenolic OH excluding ortho intramolecular Hbond substituents is 1. The predicted molar refractivity (Wildman–Crippen MR) is 125 cm³/mol. The molecule has 4 rings (SSSR count). The molecule has 7 heteroatoms. The van der Waals surface area contributed by atoms with Crippen LogP contribution in [0, 0.1) is 6.92 Å². The van der Waals surface area contributed by atoms with Gasteiger partial charge in [-0.1, -0.05) is 59.6 Å². The van der Waals surface area contributed by atoms with Gasteiger partial charge in [-0.05, 0) is 36.8 Å². The van der Waals surface area contributed by atoms with Gasteiger partial charge in [0, 0.05) is 32.8 Å². The molecule has 0 fully saturated rings. The fraction of sp³-hybridized carbons (Fsp3) is 0.0833. The SMILES string of the molecule is Cc1nc(N)nc(-c2ccc(OCc3ccc(Cl)cc3Cl)cc2O)c1-c1ccccc1. The lowest BCUT2D eigenvalue weighted by atomic mass is 9.97. The molecule has 0 amide bonds. The van der Waals surface area contributed by atoms with Crippen molar-refractivity contribution < 1.29 is 9.84 Å². The molecule has 5 nitrogen and oxygen atoms in total. The largest absolute Gasteiger partial charge is 0.507 e. The minimum atomic E-state index is 0.0226. The van der Waals surface area contributed by atoms with Gasteiger partial charge in [-0.25, -0.2) is 9.97 Å². The van der Waals surface area contributed by atoms with E-state index in [1.165, 1.54) is 0 Å². The van der Waals surface area contributed by atoms with Crippen molar-refractivity contribution >= 4 is 29.2 Å². The molecule has 3 aromatic carbocycles. The highest BCUT2D eigenvalue weighted by Crippen LogP contribution is 2.39. The van der Waals surface area contributed by atoms with Gasteiger partial charge in [0.05, 0.1) is 11.4 Å². The van der Waals surface area contributed by atoms with Crippen molar-refractivity contribution in [2.75, 3.05) is 5.73 Å². The highest BCUT2D eigenvalue weighted by atomic mass is 35.5. The zero-order chi connectivity index (χ0) is 22.0. The van der Waals surface area contributed by atoms with E-state index in [2.05, 4.69) is 9.97 Å². The number of halogens is 2. The van der Waals surface area contributed by atoms with Crippen LogP contribution >= 0.6 is 23.2 Å². The number of aryl methyl sites for hydroxylation is 1. The van der Waals surface area contributed by atoms with Gasteiger partial charge < -0.3 is 15.6 Å². The van der Waals surface area contributed by atoms with Crippen LogP contribution in [0.5, 0.6) is 11.5 Å². The van der Waals surface area contributed by atoms with Crippen molar-refractivity contribution in [3.05, 3.63) is 88.0 Å². The van der Waals surface area contributed by atoms with Crippen molar-refractivity contribution in [3.63, 3.8) is 0 Å². The Labute approximate surface area is 190 Å². The second kappa shape index (κ2) is 8.84. The first-order chi connectivity index (χ1) is 14.9. The maximum atomic E-state index is 10.8. The highest BCUT2D eigenvalue weighted by molar-refractivity contribution is 6.35. The third kappa shape index (κ3) is 4.58. The van der Waals surface area contributed by atoms with Crippen LogP contribution in [0.3, 0.4) is 0 Å². The van der Waals surface area contributed by atoms with Gasteiger partial charge in [0.25, 0.3) is 0 Å². The number of nitrogens with two attached hydrogens (primary N) is 1. The lowest BCUT2D eigenvalue weighted by Gasteiger charge is -2.15. The molecule has 156 valence electrons. The van der Waals surface area contributed by atoms with Crippen molar-refractivity contribution in [1.82, 2.24) is 9.97 Å². The molecule has 0 bridgehead atoms. The van der Waals surface area contributed by atoms with E-state index >= 15 is 0 Å². The Morgan fingerprint density at radius 3 is 2.45 bits per heavy atom. The molecule has 0 spiro atoms. The number of rotatable bonds is 5. The number of nitrogen functional groups attached to an aromatic ring is 1. The van der Waals surface area contributed by atoms with Gasteiger partial charge in [-0.3, -0.25) is 0 Å². The topological polar surface area (TPSA) is 81.3 Å². The van der Waals surface area contributed by atoms with Gasteiger partial charge in [-0.15, -0.1) is 0 Å². The summed E-state index contributed by atoms with van der Waals surface area (Å²) in [5, 5.41) is 11.8. The lowest BCUT2D eigenvalue weighted by Crippen LogP contribution is -2.02. The normalized spacial score (nSPS) is 10.8. The number of benzene rings is 3. The van der Waals surface area contributed by atoms with Crippen LogP contribution in [0.4, 0.5) is 5.95 Å². The molecular weight excluding hydrogens is 433 g/mol. The summed E-state index contributed by atoms with van der Waals surface area (Å²) >= 11 is 12.1.